The van der Waals surface area contributed by atoms with Crippen LogP contribution in [0.2, 0.25) is 0 Å². The van der Waals surface area contributed by atoms with Crippen LogP contribution in [0.3, 0.4) is 0 Å². The van der Waals surface area contributed by atoms with Gasteiger partial charge in [-0.15, -0.1) is 11.3 Å². The zero-order valence-electron chi connectivity index (χ0n) is 16.5. The summed E-state index contributed by atoms with van der Waals surface area (Å²) in [6.45, 7) is 9.80. The molecule has 3 aromatic rings. The van der Waals surface area contributed by atoms with Gasteiger partial charge in [-0.25, -0.2) is 4.98 Å². The highest BCUT2D eigenvalue weighted by atomic mass is 32.1. The van der Waals surface area contributed by atoms with Crippen LogP contribution in [0.15, 0.2) is 28.8 Å². The Balaban J connectivity index is 1.54. The topological polar surface area (TPSA) is 80.9 Å². The van der Waals surface area contributed by atoms with Gasteiger partial charge in [-0.3, -0.25) is 4.79 Å². The lowest BCUT2D eigenvalue weighted by Gasteiger charge is -2.22. The number of aryl methyl sites for hydroxylation is 1. The Morgan fingerprint density at radius 3 is 2.56 bits per heavy atom. The molecule has 0 aliphatic heterocycles. The number of para-hydroxylation sites is 1. The van der Waals surface area contributed by atoms with Crippen molar-refractivity contribution in [1.29, 1.82) is 0 Å². The normalized spacial score (nSPS) is 12.5. The summed E-state index contributed by atoms with van der Waals surface area (Å²) in [5, 5.41) is 8.13. The van der Waals surface area contributed by atoms with Crippen molar-refractivity contribution in [3.63, 3.8) is 0 Å². The maximum absolute atomic E-state index is 12.4. The van der Waals surface area contributed by atoms with E-state index in [-0.39, 0.29) is 11.3 Å². The van der Waals surface area contributed by atoms with Crippen LogP contribution in [0.4, 0.5) is 0 Å². The van der Waals surface area contributed by atoms with Crippen LogP contribution in [0.5, 0.6) is 0 Å². The molecule has 7 heteroatoms. The monoisotopic (exact) mass is 386 g/mol. The zero-order valence-corrected chi connectivity index (χ0v) is 17.3. The molecule has 2 heterocycles. The fourth-order valence-corrected chi connectivity index (χ4v) is 3.69. The highest BCUT2D eigenvalue weighted by Gasteiger charge is 2.31. The van der Waals surface area contributed by atoms with Crippen molar-refractivity contribution >= 4 is 27.5 Å². The van der Waals surface area contributed by atoms with E-state index in [0.29, 0.717) is 18.1 Å². The number of hydrogen-bond acceptors (Lipinski definition) is 6. The van der Waals surface area contributed by atoms with Crippen LogP contribution in [0.1, 0.15) is 64.2 Å². The van der Waals surface area contributed by atoms with Gasteiger partial charge in [0.25, 0.3) is 0 Å². The molecule has 0 spiro atoms. The maximum atomic E-state index is 12.4. The van der Waals surface area contributed by atoms with Gasteiger partial charge in [-0.2, -0.15) is 4.98 Å². The number of rotatable bonds is 6. The average molecular weight is 387 g/mol. The smallest absolute Gasteiger partial charge is 0.232 e. The highest BCUT2D eigenvalue weighted by molar-refractivity contribution is 7.18. The van der Waals surface area contributed by atoms with Crippen molar-refractivity contribution in [2.24, 2.45) is 0 Å². The van der Waals surface area contributed by atoms with Crippen molar-refractivity contribution in [2.75, 3.05) is 0 Å². The molecule has 0 aliphatic carbocycles. The number of nitrogens with zero attached hydrogens (tertiary/aromatic N) is 3. The van der Waals surface area contributed by atoms with Crippen molar-refractivity contribution in [3.05, 3.63) is 41.0 Å². The summed E-state index contributed by atoms with van der Waals surface area (Å²) in [7, 11) is 0. The summed E-state index contributed by atoms with van der Waals surface area (Å²) in [6.07, 6.45) is 1.98. The summed E-state index contributed by atoms with van der Waals surface area (Å²) in [6, 6.07) is 8.09. The first-order valence-electron chi connectivity index (χ1n) is 9.15. The zero-order chi connectivity index (χ0) is 19.7. The van der Waals surface area contributed by atoms with Crippen LogP contribution < -0.4 is 5.32 Å². The summed E-state index contributed by atoms with van der Waals surface area (Å²) < 4.78 is 6.53. The Bertz CT molecular complexity index is 904. The van der Waals surface area contributed by atoms with Gasteiger partial charge in [-0.1, -0.05) is 38.1 Å². The van der Waals surface area contributed by atoms with Crippen LogP contribution in [-0.2, 0) is 22.2 Å². The molecule has 6 nitrogen and oxygen atoms in total. The van der Waals surface area contributed by atoms with Crippen LogP contribution in [0, 0.1) is 0 Å². The lowest BCUT2D eigenvalue weighted by molar-refractivity contribution is -0.123. The molecule has 0 unspecified atom stereocenters. The predicted molar refractivity (Wildman–Crippen MR) is 107 cm³/mol. The fraction of sp³-hybridized carbons (Fsp3) is 0.500. The standard InChI is InChI=1S/C20H26N4O2S/c1-19(2,3)18-22-17(24-26-18)20(4,5)23-15(25)11-8-12-16-21-13-9-6-7-10-14(13)27-16/h6-7,9-10H,8,11-12H2,1-5H3,(H,23,25). The first-order chi connectivity index (χ1) is 12.6. The molecular formula is C20H26N4O2S. The van der Waals surface area contributed by atoms with Crippen molar-refractivity contribution in [2.45, 2.75) is 64.8 Å². The molecule has 2 aromatic heterocycles. The number of benzene rings is 1. The first kappa shape index (κ1) is 19.5. The second kappa shape index (κ2) is 7.38. The number of hydrogen-bond donors (Lipinski definition) is 1. The molecule has 0 atom stereocenters. The number of nitrogens with one attached hydrogen (secondary N) is 1. The van der Waals surface area contributed by atoms with Crippen molar-refractivity contribution in [1.82, 2.24) is 20.4 Å². The van der Waals surface area contributed by atoms with Gasteiger partial charge >= 0.3 is 0 Å². The second-order valence-electron chi connectivity index (χ2n) is 8.28. The van der Waals surface area contributed by atoms with Gasteiger partial charge in [0.2, 0.25) is 11.8 Å². The van der Waals surface area contributed by atoms with Crippen LogP contribution in [0.25, 0.3) is 10.2 Å². The number of carbonyl (C=O) groups excluding carboxylic acids is 1. The first-order valence-corrected chi connectivity index (χ1v) is 9.97. The Hall–Kier alpha value is -2.28. The summed E-state index contributed by atoms with van der Waals surface area (Å²) in [5.41, 5.74) is 0.123. The molecule has 0 fully saturated rings. The van der Waals surface area contributed by atoms with E-state index >= 15 is 0 Å². The number of aromatic nitrogens is 3. The van der Waals surface area contributed by atoms with E-state index in [4.69, 9.17) is 4.52 Å². The third-order valence-corrected chi connectivity index (χ3v) is 5.31. The third-order valence-electron chi connectivity index (χ3n) is 4.21. The second-order valence-corrected chi connectivity index (χ2v) is 9.39. The lowest BCUT2D eigenvalue weighted by atomic mass is 9.97. The minimum absolute atomic E-state index is 0.0248. The SMILES string of the molecule is CC(C)(C)c1nc(C(C)(C)NC(=O)CCCc2nc3ccccc3s2)no1. The molecule has 0 aliphatic rings. The minimum atomic E-state index is -0.681. The van der Waals surface area contributed by atoms with E-state index in [9.17, 15) is 4.79 Å². The Morgan fingerprint density at radius 2 is 1.89 bits per heavy atom. The number of carbonyl (C=O) groups is 1. The summed E-state index contributed by atoms with van der Waals surface area (Å²) in [4.78, 5) is 21.5. The van der Waals surface area contributed by atoms with Crippen LogP contribution in [-0.4, -0.2) is 21.0 Å². The third kappa shape index (κ3) is 4.71. The summed E-state index contributed by atoms with van der Waals surface area (Å²) >= 11 is 1.69. The van der Waals surface area contributed by atoms with Crippen LogP contribution >= 0.6 is 11.3 Å². The van der Waals surface area contributed by atoms with Crippen molar-refractivity contribution < 1.29 is 9.32 Å². The summed E-state index contributed by atoms with van der Waals surface area (Å²) in [5.74, 6) is 1.03. The largest absolute Gasteiger partial charge is 0.344 e. The minimum Gasteiger partial charge on any atom is -0.344 e. The van der Waals surface area contributed by atoms with Gasteiger partial charge in [-0.05, 0) is 38.8 Å². The van der Waals surface area contributed by atoms with E-state index in [1.54, 1.807) is 11.3 Å². The van der Waals surface area contributed by atoms with E-state index in [1.165, 1.54) is 4.70 Å². The van der Waals surface area contributed by atoms with Gasteiger partial charge in [0.05, 0.1) is 20.8 Å². The maximum Gasteiger partial charge on any atom is 0.232 e. The van der Waals surface area contributed by atoms with E-state index in [2.05, 4.69) is 26.5 Å². The molecule has 0 saturated carbocycles. The molecule has 27 heavy (non-hydrogen) atoms. The fourth-order valence-electron chi connectivity index (χ4n) is 2.68. The molecule has 0 radical (unpaired) electrons. The van der Waals surface area contributed by atoms with Gasteiger partial charge < -0.3 is 9.84 Å². The molecule has 0 bridgehead atoms. The number of thiazole rings is 1. The lowest BCUT2D eigenvalue weighted by Crippen LogP contribution is -2.41. The Kier molecular flexibility index (Phi) is 5.33. The average Bonchev–Trinajstić information content (AvgIpc) is 3.21. The number of fused-ring (bicyclic) bond motifs is 1. The Labute approximate surface area is 163 Å². The quantitative estimate of drug-likeness (QED) is 0.681. The molecule has 1 aromatic carbocycles. The van der Waals surface area contributed by atoms with Gasteiger partial charge in [0.15, 0.2) is 5.82 Å². The molecule has 3 rings (SSSR count). The Morgan fingerprint density at radius 1 is 1.15 bits per heavy atom. The molecule has 0 saturated heterocycles. The molecule has 144 valence electrons. The predicted octanol–water partition coefficient (Wildman–Crippen LogP) is 4.35. The molecule has 1 N–H and O–H groups in total. The molecular weight excluding hydrogens is 360 g/mol. The van der Waals surface area contributed by atoms with Gasteiger partial charge in [0.1, 0.15) is 0 Å². The van der Waals surface area contributed by atoms with E-state index in [0.717, 1.165) is 23.4 Å². The number of amides is 1. The van der Waals surface area contributed by atoms with E-state index < -0.39 is 5.54 Å². The molecule has 1 amide bonds. The highest BCUT2D eigenvalue weighted by Crippen LogP contribution is 2.25. The van der Waals surface area contributed by atoms with Gasteiger partial charge in [0, 0.05) is 11.8 Å². The van der Waals surface area contributed by atoms with Crippen molar-refractivity contribution in [3.8, 4) is 0 Å². The van der Waals surface area contributed by atoms with E-state index in [1.807, 2.05) is 52.8 Å².